The minimum absolute atomic E-state index is 0.0387. The van der Waals surface area contributed by atoms with Crippen molar-refractivity contribution < 1.29 is 9.59 Å². The fourth-order valence-corrected chi connectivity index (χ4v) is 2.58. The summed E-state index contributed by atoms with van der Waals surface area (Å²) in [6.45, 7) is 2.79. The normalized spacial score (nSPS) is 19.2. The summed E-state index contributed by atoms with van der Waals surface area (Å²) in [5, 5.41) is 3.89. The molecule has 0 radical (unpaired) electrons. The van der Waals surface area contributed by atoms with Gasteiger partial charge in [0, 0.05) is 29.1 Å². The van der Waals surface area contributed by atoms with Gasteiger partial charge in [0.05, 0.1) is 0 Å². The van der Waals surface area contributed by atoms with E-state index in [2.05, 4.69) is 12.2 Å². The Hall–Kier alpha value is -2.10. The van der Waals surface area contributed by atoms with E-state index in [1.54, 1.807) is 6.07 Å². The van der Waals surface area contributed by atoms with Crippen LogP contribution in [0.2, 0.25) is 0 Å². The van der Waals surface area contributed by atoms with Gasteiger partial charge in [0.1, 0.15) is 12.0 Å². The number of hydrogen-bond acceptors (Lipinski definition) is 2. The number of nitrogens with zero attached hydrogens (tertiary/aromatic N) is 1. The molecule has 0 bridgehead atoms. The minimum Gasteiger partial charge on any atom is -0.351 e. The summed E-state index contributed by atoms with van der Waals surface area (Å²) in [5.74, 6) is -0.0387. The third kappa shape index (κ3) is 1.53. The first-order chi connectivity index (χ1) is 8.70. The molecule has 0 spiro atoms. The van der Waals surface area contributed by atoms with Gasteiger partial charge in [0.15, 0.2) is 0 Å². The van der Waals surface area contributed by atoms with Crippen molar-refractivity contribution >= 4 is 23.1 Å². The number of rotatable bonds is 1. The lowest BCUT2D eigenvalue weighted by Crippen LogP contribution is -2.22. The van der Waals surface area contributed by atoms with E-state index in [1.807, 2.05) is 22.8 Å². The summed E-state index contributed by atoms with van der Waals surface area (Å²) >= 11 is 0. The molecule has 1 aliphatic heterocycles. The highest BCUT2D eigenvalue weighted by Crippen LogP contribution is 2.27. The number of amides is 1. The van der Waals surface area contributed by atoms with Crippen LogP contribution in [0.5, 0.6) is 0 Å². The number of fused-ring (bicyclic) bond motifs is 3. The molecule has 1 aromatic carbocycles. The van der Waals surface area contributed by atoms with Gasteiger partial charge in [0.25, 0.3) is 5.91 Å². The van der Waals surface area contributed by atoms with Crippen LogP contribution >= 0.6 is 0 Å². The van der Waals surface area contributed by atoms with E-state index in [0.717, 1.165) is 23.6 Å². The van der Waals surface area contributed by atoms with E-state index in [1.165, 1.54) is 0 Å². The van der Waals surface area contributed by atoms with Crippen LogP contribution < -0.4 is 5.32 Å². The Balaban J connectivity index is 2.32. The maximum absolute atomic E-state index is 12.0. The zero-order valence-electron chi connectivity index (χ0n) is 10.1. The van der Waals surface area contributed by atoms with Crippen molar-refractivity contribution in [3.05, 3.63) is 35.5 Å². The van der Waals surface area contributed by atoms with Crippen molar-refractivity contribution in [2.75, 3.05) is 6.54 Å². The summed E-state index contributed by atoms with van der Waals surface area (Å²) in [4.78, 5) is 22.8. The molecule has 1 atom stereocenters. The Labute approximate surface area is 105 Å². The molecule has 1 amide bonds. The van der Waals surface area contributed by atoms with Gasteiger partial charge in [-0.15, -0.1) is 0 Å². The lowest BCUT2D eigenvalue weighted by Gasteiger charge is -2.14. The average molecular weight is 242 g/mol. The summed E-state index contributed by atoms with van der Waals surface area (Å²) in [5.41, 5.74) is 2.28. The highest BCUT2D eigenvalue weighted by molar-refractivity contribution is 6.00. The SMILES string of the molecule is CC1CCNC(=O)c2cc3ccc(C=O)cc3n21. The number of benzene rings is 1. The van der Waals surface area contributed by atoms with E-state index in [9.17, 15) is 9.59 Å². The predicted molar refractivity (Wildman–Crippen MR) is 69.0 cm³/mol. The van der Waals surface area contributed by atoms with Crippen LogP contribution in [0.3, 0.4) is 0 Å². The maximum Gasteiger partial charge on any atom is 0.267 e. The molecule has 0 saturated heterocycles. The molecule has 92 valence electrons. The topological polar surface area (TPSA) is 51.1 Å². The first-order valence-corrected chi connectivity index (χ1v) is 6.09. The van der Waals surface area contributed by atoms with Gasteiger partial charge < -0.3 is 9.88 Å². The summed E-state index contributed by atoms with van der Waals surface area (Å²) in [6, 6.07) is 7.65. The Kier molecular flexibility index (Phi) is 2.44. The van der Waals surface area contributed by atoms with Crippen LogP contribution in [-0.2, 0) is 0 Å². The molecule has 0 saturated carbocycles. The molecular formula is C14H14N2O2. The lowest BCUT2D eigenvalue weighted by atomic mass is 10.1. The molecule has 2 heterocycles. The average Bonchev–Trinajstić information content (AvgIpc) is 2.70. The molecule has 1 N–H and O–H groups in total. The number of carbonyl (C=O) groups excluding carboxylic acids is 2. The fraction of sp³-hybridized carbons (Fsp3) is 0.286. The Morgan fingerprint density at radius 2 is 2.22 bits per heavy atom. The van der Waals surface area contributed by atoms with E-state index in [-0.39, 0.29) is 11.9 Å². The second-order valence-corrected chi connectivity index (χ2v) is 4.73. The third-order valence-electron chi connectivity index (χ3n) is 3.52. The molecule has 4 heteroatoms. The van der Waals surface area contributed by atoms with Crippen molar-refractivity contribution in [3.8, 4) is 0 Å². The van der Waals surface area contributed by atoms with Crippen molar-refractivity contribution in [1.82, 2.24) is 9.88 Å². The quantitative estimate of drug-likeness (QED) is 0.779. The van der Waals surface area contributed by atoms with Crippen LogP contribution in [0.4, 0.5) is 0 Å². The molecule has 3 rings (SSSR count). The molecule has 0 fully saturated rings. The number of nitrogens with one attached hydrogen (secondary N) is 1. The zero-order valence-corrected chi connectivity index (χ0v) is 10.1. The Morgan fingerprint density at radius 3 is 3.00 bits per heavy atom. The van der Waals surface area contributed by atoms with E-state index < -0.39 is 0 Å². The molecule has 2 aromatic rings. The van der Waals surface area contributed by atoms with Crippen LogP contribution in [0.1, 0.15) is 40.2 Å². The van der Waals surface area contributed by atoms with Crippen LogP contribution in [0.25, 0.3) is 10.9 Å². The first-order valence-electron chi connectivity index (χ1n) is 6.09. The number of aldehydes is 1. The number of hydrogen-bond donors (Lipinski definition) is 1. The summed E-state index contributed by atoms with van der Waals surface area (Å²) in [6.07, 6.45) is 1.73. The van der Waals surface area contributed by atoms with E-state index in [0.29, 0.717) is 17.8 Å². The zero-order chi connectivity index (χ0) is 12.7. The highest BCUT2D eigenvalue weighted by atomic mass is 16.2. The molecule has 1 unspecified atom stereocenters. The summed E-state index contributed by atoms with van der Waals surface area (Å²) in [7, 11) is 0. The van der Waals surface area contributed by atoms with Gasteiger partial charge in [-0.25, -0.2) is 0 Å². The second kappa shape index (κ2) is 3.98. The smallest absolute Gasteiger partial charge is 0.267 e. The molecule has 1 aliphatic rings. The summed E-state index contributed by atoms with van der Waals surface area (Å²) < 4.78 is 2.03. The van der Waals surface area contributed by atoms with Crippen molar-refractivity contribution in [1.29, 1.82) is 0 Å². The van der Waals surface area contributed by atoms with Gasteiger partial charge in [-0.3, -0.25) is 9.59 Å². The second-order valence-electron chi connectivity index (χ2n) is 4.73. The number of aromatic nitrogens is 1. The van der Waals surface area contributed by atoms with Gasteiger partial charge in [-0.2, -0.15) is 0 Å². The van der Waals surface area contributed by atoms with Gasteiger partial charge >= 0.3 is 0 Å². The minimum atomic E-state index is -0.0387. The molecule has 18 heavy (non-hydrogen) atoms. The van der Waals surface area contributed by atoms with Gasteiger partial charge in [0.2, 0.25) is 0 Å². The third-order valence-corrected chi connectivity index (χ3v) is 3.52. The first kappa shape index (κ1) is 11.0. The number of carbonyl (C=O) groups is 2. The maximum atomic E-state index is 12.0. The standard InChI is InChI=1S/C14H14N2O2/c1-9-4-5-15-14(18)13-7-11-3-2-10(8-17)6-12(11)16(9)13/h2-3,6-9H,4-5H2,1H3,(H,15,18). The van der Waals surface area contributed by atoms with Crippen molar-refractivity contribution in [2.24, 2.45) is 0 Å². The lowest BCUT2D eigenvalue weighted by molar-refractivity contribution is 0.0951. The van der Waals surface area contributed by atoms with Gasteiger partial charge in [-0.1, -0.05) is 12.1 Å². The van der Waals surface area contributed by atoms with E-state index >= 15 is 0 Å². The Bertz CT molecular complexity index is 643. The molecule has 4 nitrogen and oxygen atoms in total. The highest BCUT2D eigenvalue weighted by Gasteiger charge is 2.22. The van der Waals surface area contributed by atoms with Crippen molar-refractivity contribution in [2.45, 2.75) is 19.4 Å². The Morgan fingerprint density at radius 1 is 1.39 bits per heavy atom. The monoisotopic (exact) mass is 242 g/mol. The fourth-order valence-electron chi connectivity index (χ4n) is 2.58. The van der Waals surface area contributed by atoms with Gasteiger partial charge in [-0.05, 0) is 25.5 Å². The largest absolute Gasteiger partial charge is 0.351 e. The predicted octanol–water partition coefficient (Wildman–Crippen LogP) is 2.15. The van der Waals surface area contributed by atoms with Crippen LogP contribution in [0, 0.1) is 0 Å². The molecule has 0 aliphatic carbocycles. The van der Waals surface area contributed by atoms with Crippen LogP contribution in [-0.4, -0.2) is 23.3 Å². The van der Waals surface area contributed by atoms with Crippen LogP contribution in [0.15, 0.2) is 24.3 Å². The molecular weight excluding hydrogens is 228 g/mol. The molecule has 1 aromatic heterocycles. The van der Waals surface area contributed by atoms with Crippen molar-refractivity contribution in [3.63, 3.8) is 0 Å². The van der Waals surface area contributed by atoms with E-state index in [4.69, 9.17) is 0 Å².